The molecule has 3 nitrogen and oxygen atoms in total. The quantitative estimate of drug-likeness (QED) is 0.133. The van der Waals surface area contributed by atoms with Gasteiger partial charge >= 0.3 is 0 Å². The van der Waals surface area contributed by atoms with Crippen LogP contribution in [0.4, 0.5) is 0 Å². The van der Waals surface area contributed by atoms with Gasteiger partial charge in [-0.25, -0.2) is 0 Å². The Morgan fingerprint density at radius 1 is 0.478 bits per heavy atom. The fourth-order valence-corrected chi connectivity index (χ4v) is 5.84. The third-order valence-electron chi connectivity index (χ3n) is 8.04. The summed E-state index contributed by atoms with van der Waals surface area (Å²) in [4.78, 5) is 8.87. The van der Waals surface area contributed by atoms with Crippen molar-refractivity contribution in [3.63, 3.8) is 0 Å². The van der Waals surface area contributed by atoms with Crippen molar-refractivity contribution in [2.24, 2.45) is 0 Å². The van der Waals surface area contributed by atoms with Crippen LogP contribution in [0.1, 0.15) is 0 Å². The maximum atomic E-state index is 6.11. The van der Waals surface area contributed by atoms with E-state index in [1.54, 1.807) is 0 Å². The van der Waals surface area contributed by atoms with E-state index in [1.165, 1.54) is 32.7 Å². The Bertz CT molecular complexity index is 2370. The zero-order valence-electron chi connectivity index (χ0n) is 24.6. The summed E-state index contributed by atoms with van der Waals surface area (Å²) in [5.74, 6) is 0. The molecule has 0 aliphatic heterocycles. The van der Waals surface area contributed by atoms with Crippen LogP contribution in [0.3, 0.4) is 0 Å². The van der Waals surface area contributed by atoms with Gasteiger partial charge in [0.05, 0.1) is 5.58 Å². The number of rotatable bonds is 3. The predicted octanol–water partition coefficient (Wildman–Crippen LogP) is 11.0. The molecule has 6 aromatic carbocycles. The van der Waals surface area contributed by atoms with Crippen LogP contribution < -0.4 is 0 Å². The minimum absolute atomic E-state index is 0. The smallest absolute Gasteiger partial charge is 0.121 e. The maximum Gasteiger partial charge on any atom is 0.121 e. The topological polar surface area (TPSA) is 38.9 Å². The molecule has 3 heterocycles. The van der Waals surface area contributed by atoms with Crippen molar-refractivity contribution in [1.29, 1.82) is 0 Å². The van der Waals surface area contributed by atoms with Crippen LogP contribution in [0.2, 0.25) is 0 Å². The van der Waals surface area contributed by atoms with Crippen molar-refractivity contribution in [3.05, 3.63) is 170 Å². The molecule has 0 spiro atoms. The van der Waals surface area contributed by atoms with E-state index in [9.17, 15) is 0 Å². The Morgan fingerprint density at radius 3 is 2.07 bits per heavy atom. The van der Waals surface area contributed by atoms with E-state index in [0.717, 1.165) is 44.5 Å². The maximum absolute atomic E-state index is 6.11. The van der Waals surface area contributed by atoms with Crippen molar-refractivity contribution < 1.29 is 24.5 Å². The summed E-state index contributed by atoms with van der Waals surface area (Å²) in [5, 5.41) is 7.17. The number of benzene rings is 6. The summed E-state index contributed by atoms with van der Waals surface area (Å²) in [6, 6.07) is 56.0. The van der Waals surface area contributed by atoms with Gasteiger partial charge < -0.3 is 14.4 Å². The SMILES string of the molecule is [Ir].[c-]1cc2oc3ccc4cc5ccccc5cc4c3c2cc1-c1ccccn1.[c-]1ccccc1-c1cc(-c2ccccc2)ccn1. The van der Waals surface area contributed by atoms with Crippen molar-refractivity contribution in [2.45, 2.75) is 0 Å². The molecule has 9 aromatic rings. The number of furan rings is 1. The first kappa shape index (κ1) is 29.3. The van der Waals surface area contributed by atoms with Gasteiger partial charge in [-0.05, 0) is 74.4 Å². The van der Waals surface area contributed by atoms with E-state index in [2.05, 4.69) is 94.9 Å². The van der Waals surface area contributed by atoms with E-state index in [4.69, 9.17) is 4.42 Å². The molecule has 0 bridgehead atoms. The van der Waals surface area contributed by atoms with E-state index in [0.29, 0.717) is 0 Å². The molecule has 46 heavy (non-hydrogen) atoms. The van der Waals surface area contributed by atoms with Crippen LogP contribution >= 0.6 is 0 Å². The first-order valence-corrected chi connectivity index (χ1v) is 14.9. The second-order valence-electron chi connectivity index (χ2n) is 10.9. The number of nitrogens with zero attached hydrogens (tertiary/aromatic N) is 2. The number of fused-ring (bicyclic) bond motifs is 6. The third-order valence-corrected chi connectivity index (χ3v) is 8.04. The Labute approximate surface area is 280 Å². The largest absolute Gasteiger partial charge is 0.500 e. The van der Waals surface area contributed by atoms with Gasteiger partial charge in [0, 0.05) is 37.9 Å². The van der Waals surface area contributed by atoms with Gasteiger partial charge in [0.2, 0.25) is 0 Å². The van der Waals surface area contributed by atoms with E-state index in [1.807, 2.05) is 85.2 Å². The molecule has 0 fully saturated rings. The number of aromatic nitrogens is 2. The van der Waals surface area contributed by atoms with Crippen molar-refractivity contribution in [2.75, 3.05) is 0 Å². The molecular weight excluding hydrogens is 741 g/mol. The Hall–Kier alpha value is -5.41. The zero-order chi connectivity index (χ0) is 30.0. The third kappa shape index (κ3) is 5.73. The van der Waals surface area contributed by atoms with Crippen molar-refractivity contribution in [3.8, 4) is 33.6 Å². The van der Waals surface area contributed by atoms with E-state index in [-0.39, 0.29) is 20.1 Å². The molecule has 0 aliphatic rings. The van der Waals surface area contributed by atoms with Crippen molar-refractivity contribution in [1.82, 2.24) is 9.97 Å². The molecule has 0 N–H and O–H groups in total. The van der Waals surface area contributed by atoms with Gasteiger partial charge in [-0.15, -0.1) is 59.7 Å². The summed E-state index contributed by atoms with van der Waals surface area (Å²) in [7, 11) is 0. The average Bonchev–Trinajstić information content (AvgIpc) is 3.51. The van der Waals surface area contributed by atoms with Gasteiger partial charge in [0.1, 0.15) is 5.58 Å². The van der Waals surface area contributed by atoms with Crippen LogP contribution in [0.5, 0.6) is 0 Å². The summed E-state index contributed by atoms with van der Waals surface area (Å²) in [5.41, 5.74) is 8.01. The van der Waals surface area contributed by atoms with E-state index < -0.39 is 0 Å². The standard InChI is InChI=1S/C25H14NO.C17H12N.Ir/c1-2-6-17-14-20-18(13-16(17)5-1)8-11-24-25(20)21-15-19(9-10-23(21)27-24)22-7-3-4-12-26-22;1-3-7-14(8-4-1)16-11-12-18-17(13-16)15-9-5-2-6-10-15;/h1-8,10-15H;1-9,11-13H;/q2*-1;. The molecule has 221 valence electrons. The minimum atomic E-state index is 0. The zero-order valence-corrected chi connectivity index (χ0v) is 27.0. The first-order valence-electron chi connectivity index (χ1n) is 14.9. The average molecular weight is 767 g/mol. The molecule has 4 heteroatoms. The van der Waals surface area contributed by atoms with Gasteiger partial charge in [-0.2, -0.15) is 0 Å². The molecule has 1 radical (unpaired) electrons. The normalized spacial score (nSPS) is 10.9. The molecule has 0 aliphatic carbocycles. The minimum Gasteiger partial charge on any atom is -0.500 e. The van der Waals surface area contributed by atoms with Crippen LogP contribution in [-0.4, -0.2) is 9.97 Å². The van der Waals surface area contributed by atoms with E-state index >= 15 is 0 Å². The molecule has 0 amide bonds. The molecule has 0 saturated carbocycles. The van der Waals surface area contributed by atoms with Gasteiger partial charge in [0.15, 0.2) is 0 Å². The molecular formula is C42H26IrN2O-2. The summed E-state index contributed by atoms with van der Waals surface area (Å²) < 4.78 is 6.11. The second-order valence-corrected chi connectivity index (χ2v) is 10.9. The Kier molecular flexibility index (Phi) is 8.22. The van der Waals surface area contributed by atoms with Crippen LogP contribution in [0, 0.1) is 12.1 Å². The fraction of sp³-hybridized carbons (Fsp3) is 0. The molecule has 3 aromatic heterocycles. The summed E-state index contributed by atoms with van der Waals surface area (Å²) in [6.45, 7) is 0. The number of hydrogen-bond acceptors (Lipinski definition) is 3. The fourth-order valence-electron chi connectivity index (χ4n) is 5.84. The van der Waals surface area contributed by atoms with Crippen LogP contribution in [-0.2, 0) is 20.1 Å². The second kappa shape index (κ2) is 12.9. The van der Waals surface area contributed by atoms with Crippen LogP contribution in [0.15, 0.2) is 162 Å². The van der Waals surface area contributed by atoms with Crippen LogP contribution in [0.25, 0.3) is 77.1 Å². The molecule has 0 unspecified atom stereocenters. The number of hydrogen-bond donors (Lipinski definition) is 0. The van der Waals surface area contributed by atoms with Gasteiger partial charge in [-0.1, -0.05) is 84.2 Å². The molecule has 0 atom stereocenters. The Balaban J connectivity index is 0.000000156. The summed E-state index contributed by atoms with van der Waals surface area (Å²) in [6.07, 6.45) is 3.65. The van der Waals surface area contributed by atoms with Gasteiger partial charge in [-0.3, -0.25) is 0 Å². The monoisotopic (exact) mass is 767 g/mol. The number of pyridine rings is 2. The Morgan fingerprint density at radius 2 is 1.26 bits per heavy atom. The summed E-state index contributed by atoms with van der Waals surface area (Å²) >= 11 is 0. The predicted molar refractivity (Wildman–Crippen MR) is 185 cm³/mol. The molecule has 0 saturated heterocycles. The first-order chi connectivity index (χ1) is 22.3. The van der Waals surface area contributed by atoms with Gasteiger partial charge in [0.25, 0.3) is 0 Å². The van der Waals surface area contributed by atoms with Crippen molar-refractivity contribution >= 4 is 43.5 Å². The molecule has 9 rings (SSSR count).